The molecule has 4 nitrogen and oxygen atoms in total. The lowest BCUT2D eigenvalue weighted by Gasteiger charge is -2.34. The monoisotopic (exact) mass is 284 g/mol. The van der Waals surface area contributed by atoms with Crippen LogP contribution >= 0.6 is 0 Å². The molecule has 0 unspecified atom stereocenters. The number of hydrogen-bond donors (Lipinski definition) is 0. The first-order valence-corrected chi connectivity index (χ1v) is 8.08. The van der Waals surface area contributed by atoms with Gasteiger partial charge in [-0.15, -0.1) is 0 Å². The second kappa shape index (κ2) is 9.48. The van der Waals surface area contributed by atoms with Crippen molar-refractivity contribution < 1.29 is 9.53 Å². The molecule has 0 aromatic rings. The van der Waals surface area contributed by atoms with Crippen molar-refractivity contribution in [2.75, 3.05) is 45.9 Å². The van der Waals surface area contributed by atoms with Gasteiger partial charge in [0.2, 0.25) is 0 Å². The van der Waals surface area contributed by atoms with Crippen LogP contribution in [0.15, 0.2) is 0 Å². The number of hydrogen-bond acceptors (Lipinski definition) is 4. The van der Waals surface area contributed by atoms with Crippen LogP contribution in [0.4, 0.5) is 0 Å². The van der Waals surface area contributed by atoms with E-state index in [4.69, 9.17) is 4.74 Å². The normalized spacial score (nSPS) is 18.1. The third-order valence-electron chi connectivity index (χ3n) is 3.85. The van der Waals surface area contributed by atoms with Crippen LogP contribution in [0.25, 0.3) is 0 Å². The summed E-state index contributed by atoms with van der Waals surface area (Å²) in [5, 5.41) is 0. The molecule has 1 aliphatic heterocycles. The molecular weight excluding hydrogens is 252 g/mol. The topological polar surface area (TPSA) is 32.8 Å². The summed E-state index contributed by atoms with van der Waals surface area (Å²) in [6.45, 7) is 15.5. The van der Waals surface area contributed by atoms with Gasteiger partial charge < -0.3 is 14.5 Å². The van der Waals surface area contributed by atoms with E-state index in [1.165, 1.54) is 0 Å². The summed E-state index contributed by atoms with van der Waals surface area (Å²) in [5.74, 6) is 0.565. The molecule has 0 aromatic carbocycles. The molecule has 0 bridgehead atoms. The number of nitrogens with zero attached hydrogens (tertiary/aromatic N) is 2. The molecule has 20 heavy (non-hydrogen) atoms. The number of carbonyl (C=O) groups is 1. The molecule has 4 heteroatoms. The molecule has 0 radical (unpaired) electrons. The molecule has 0 saturated carbocycles. The van der Waals surface area contributed by atoms with Gasteiger partial charge in [0.1, 0.15) is 5.78 Å². The molecule has 1 rings (SSSR count). The van der Waals surface area contributed by atoms with E-state index in [-0.39, 0.29) is 5.92 Å². The molecule has 1 heterocycles. The summed E-state index contributed by atoms with van der Waals surface area (Å²) in [4.78, 5) is 16.6. The zero-order valence-corrected chi connectivity index (χ0v) is 13.7. The quantitative estimate of drug-likeness (QED) is 0.607. The van der Waals surface area contributed by atoms with Gasteiger partial charge in [-0.1, -0.05) is 13.8 Å². The lowest BCUT2D eigenvalue weighted by molar-refractivity contribution is -0.122. The van der Waals surface area contributed by atoms with E-state index in [0.717, 1.165) is 52.3 Å². The van der Waals surface area contributed by atoms with E-state index in [2.05, 4.69) is 23.6 Å². The van der Waals surface area contributed by atoms with E-state index in [0.29, 0.717) is 18.3 Å². The molecule has 1 saturated heterocycles. The lowest BCUT2D eigenvalue weighted by Crippen LogP contribution is -2.47. The van der Waals surface area contributed by atoms with Gasteiger partial charge in [-0.25, -0.2) is 0 Å². The Bertz CT molecular complexity index is 272. The van der Waals surface area contributed by atoms with Crippen LogP contribution < -0.4 is 0 Å². The number of ether oxygens (including phenoxy) is 1. The minimum Gasteiger partial charge on any atom is -0.379 e. The van der Waals surface area contributed by atoms with Crippen LogP contribution in [0, 0.1) is 5.92 Å². The number of Topliss-reactive ketones (excluding diaryl/α,β-unsaturated/α-hetero) is 1. The van der Waals surface area contributed by atoms with Gasteiger partial charge in [-0.3, -0.25) is 4.79 Å². The lowest BCUT2D eigenvalue weighted by atomic mass is 10.1. The Balaban J connectivity index is 2.06. The molecule has 0 N–H and O–H groups in total. The maximum absolute atomic E-state index is 11.6. The Morgan fingerprint density at radius 1 is 1.00 bits per heavy atom. The Morgan fingerprint density at radius 3 is 2.05 bits per heavy atom. The summed E-state index contributed by atoms with van der Waals surface area (Å²) >= 11 is 0. The SMILES string of the molecule is CC(C)OCCCN1CCN(CCC(=O)C(C)C)CC1. The van der Waals surface area contributed by atoms with Gasteiger partial charge >= 0.3 is 0 Å². The van der Waals surface area contributed by atoms with Gasteiger partial charge in [0.05, 0.1) is 6.10 Å². The van der Waals surface area contributed by atoms with Crippen molar-refractivity contribution in [2.45, 2.75) is 46.6 Å². The summed E-state index contributed by atoms with van der Waals surface area (Å²) in [6.07, 6.45) is 2.16. The number of carbonyl (C=O) groups excluding carboxylic acids is 1. The summed E-state index contributed by atoms with van der Waals surface area (Å²) in [5.41, 5.74) is 0. The third kappa shape index (κ3) is 7.36. The highest BCUT2D eigenvalue weighted by atomic mass is 16.5. The standard InChI is InChI=1S/C16H32N2O2/c1-14(2)16(19)6-8-18-11-9-17(10-12-18)7-5-13-20-15(3)4/h14-15H,5-13H2,1-4H3. The van der Waals surface area contributed by atoms with Crippen LogP contribution in [-0.4, -0.2) is 67.6 Å². The van der Waals surface area contributed by atoms with Crippen molar-refractivity contribution in [1.82, 2.24) is 9.80 Å². The zero-order chi connectivity index (χ0) is 15.0. The fraction of sp³-hybridized carbons (Fsp3) is 0.938. The molecule has 0 aromatic heterocycles. The second-order valence-electron chi connectivity index (χ2n) is 6.33. The van der Waals surface area contributed by atoms with E-state index in [1.807, 2.05) is 13.8 Å². The van der Waals surface area contributed by atoms with E-state index in [1.54, 1.807) is 0 Å². The predicted octanol–water partition coefficient (Wildman–Crippen LogP) is 2.03. The van der Waals surface area contributed by atoms with Crippen molar-refractivity contribution in [3.8, 4) is 0 Å². The second-order valence-corrected chi connectivity index (χ2v) is 6.33. The highest BCUT2D eigenvalue weighted by Gasteiger charge is 2.17. The summed E-state index contributed by atoms with van der Waals surface area (Å²) in [7, 11) is 0. The maximum atomic E-state index is 11.6. The molecule has 0 spiro atoms. The Kier molecular flexibility index (Phi) is 8.34. The minimum absolute atomic E-state index is 0.178. The fourth-order valence-corrected chi connectivity index (χ4v) is 2.40. The van der Waals surface area contributed by atoms with Crippen molar-refractivity contribution in [3.63, 3.8) is 0 Å². The number of piperazine rings is 1. The molecule has 1 aliphatic rings. The Hall–Kier alpha value is -0.450. The average Bonchev–Trinajstić information content (AvgIpc) is 2.42. The Morgan fingerprint density at radius 2 is 1.55 bits per heavy atom. The third-order valence-corrected chi connectivity index (χ3v) is 3.85. The van der Waals surface area contributed by atoms with Gasteiger partial charge in [-0.05, 0) is 20.3 Å². The largest absolute Gasteiger partial charge is 0.379 e. The van der Waals surface area contributed by atoms with Crippen molar-refractivity contribution in [1.29, 1.82) is 0 Å². The van der Waals surface area contributed by atoms with Crippen LogP contribution in [0.3, 0.4) is 0 Å². The Labute approximate surface area is 124 Å². The smallest absolute Gasteiger partial charge is 0.136 e. The fourth-order valence-electron chi connectivity index (χ4n) is 2.40. The van der Waals surface area contributed by atoms with E-state index in [9.17, 15) is 4.79 Å². The highest BCUT2D eigenvalue weighted by Crippen LogP contribution is 2.06. The van der Waals surface area contributed by atoms with Gasteiger partial charge in [0, 0.05) is 58.2 Å². The number of ketones is 1. The average molecular weight is 284 g/mol. The van der Waals surface area contributed by atoms with Crippen LogP contribution in [-0.2, 0) is 9.53 Å². The van der Waals surface area contributed by atoms with Crippen LogP contribution in [0.1, 0.15) is 40.5 Å². The van der Waals surface area contributed by atoms with E-state index >= 15 is 0 Å². The van der Waals surface area contributed by atoms with Crippen LogP contribution in [0.2, 0.25) is 0 Å². The predicted molar refractivity (Wildman–Crippen MR) is 83.0 cm³/mol. The molecular formula is C16H32N2O2. The van der Waals surface area contributed by atoms with Crippen molar-refractivity contribution in [3.05, 3.63) is 0 Å². The summed E-state index contributed by atoms with van der Waals surface area (Å²) in [6, 6.07) is 0. The first kappa shape index (κ1) is 17.6. The number of rotatable bonds is 9. The minimum atomic E-state index is 0.178. The summed E-state index contributed by atoms with van der Waals surface area (Å²) < 4.78 is 5.57. The zero-order valence-electron chi connectivity index (χ0n) is 13.7. The van der Waals surface area contributed by atoms with Crippen LogP contribution in [0.5, 0.6) is 0 Å². The molecule has 0 amide bonds. The van der Waals surface area contributed by atoms with E-state index < -0.39 is 0 Å². The molecule has 0 aliphatic carbocycles. The van der Waals surface area contributed by atoms with Crippen molar-refractivity contribution in [2.24, 2.45) is 5.92 Å². The first-order chi connectivity index (χ1) is 9.49. The maximum Gasteiger partial charge on any atom is 0.136 e. The first-order valence-electron chi connectivity index (χ1n) is 8.08. The molecule has 0 atom stereocenters. The van der Waals surface area contributed by atoms with Gasteiger partial charge in [0.15, 0.2) is 0 Å². The van der Waals surface area contributed by atoms with Gasteiger partial charge in [0.25, 0.3) is 0 Å². The van der Waals surface area contributed by atoms with Crippen molar-refractivity contribution >= 4 is 5.78 Å². The van der Waals surface area contributed by atoms with Gasteiger partial charge in [-0.2, -0.15) is 0 Å². The molecule has 118 valence electrons. The molecule has 1 fully saturated rings. The highest BCUT2D eigenvalue weighted by molar-refractivity contribution is 5.80.